The number of hydrogen-bond donors (Lipinski definition) is 1. The number of aryl methyl sites for hydroxylation is 1. The molecule has 0 atom stereocenters. The Labute approximate surface area is 109 Å². The molecule has 2 rings (SSSR count). The standard InChI is InChI=1S/C11H18N2O.2ClH/c1-8-10(7-12)14-11(13-8)9-5-3-2-4-6-9;;/h9H,2-7,12H2,1H3;2*1H. The first-order valence-electron chi connectivity index (χ1n) is 5.47. The van der Waals surface area contributed by atoms with Crippen molar-refractivity contribution in [1.82, 2.24) is 4.98 Å². The van der Waals surface area contributed by atoms with Crippen LogP contribution in [-0.2, 0) is 6.54 Å². The van der Waals surface area contributed by atoms with Gasteiger partial charge in [0.2, 0.25) is 0 Å². The monoisotopic (exact) mass is 266 g/mol. The summed E-state index contributed by atoms with van der Waals surface area (Å²) in [7, 11) is 0. The van der Waals surface area contributed by atoms with Crippen LogP contribution in [0.5, 0.6) is 0 Å². The second kappa shape index (κ2) is 7.15. The molecule has 0 saturated heterocycles. The molecule has 94 valence electrons. The quantitative estimate of drug-likeness (QED) is 0.894. The van der Waals surface area contributed by atoms with E-state index < -0.39 is 0 Å². The predicted molar refractivity (Wildman–Crippen MR) is 69.5 cm³/mol. The summed E-state index contributed by atoms with van der Waals surface area (Å²) in [6.45, 7) is 2.43. The van der Waals surface area contributed by atoms with E-state index in [-0.39, 0.29) is 24.8 Å². The first-order chi connectivity index (χ1) is 6.81. The summed E-state index contributed by atoms with van der Waals surface area (Å²) in [4.78, 5) is 4.46. The fourth-order valence-electron chi connectivity index (χ4n) is 2.16. The predicted octanol–water partition coefficient (Wildman–Crippen LogP) is 3.33. The molecule has 5 heteroatoms. The minimum Gasteiger partial charge on any atom is -0.444 e. The van der Waals surface area contributed by atoms with Gasteiger partial charge in [0.1, 0.15) is 5.76 Å². The van der Waals surface area contributed by atoms with Crippen molar-refractivity contribution in [3.05, 3.63) is 17.3 Å². The molecule has 1 aromatic heterocycles. The minimum absolute atomic E-state index is 0. The molecular weight excluding hydrogens is 247 g/mol. The SMILES string of the molecule is Cc1nc(C2CCCCC2)oc1CN.Cl.Cl. The van der Waals surface area contributed by atoms with Crippen LogP contribution in [0.25, 0.3) is 0 Å². The van der Waals surface area contributed by atoms with Gasteiger partial charge in [-0.05, 0) is 19.8 Å². The maximum atomic E-state index is 5.67. The topological polar surface area (TPSA) is 52.0 Å². The molecule has 1 aliphatic rings. The molecule has 0 bridgehead atoms. The molecule has 1 saturated carbocycles. The summed E-state index contributed by atoms with van der Waals surface area (Å²) in [6.07, 6.45) is 6.43. The summed E-state index contributed by atoms with van der Waals surface area (Å²) in [6, 6.07) is 0. The smallest absolute Gasteiger partial charge is 0.197 e. The van der Waals surface area contributed by atoms with Gasteiger partial charge in [-0.25, -0.2) is 4.98 Å². The molecule has 0 spiro atoms. The zero-order chi connectivity index (χ0) is 9.97. The highest BCUT2D eigenvalue weighted by molar-refractivity contribution is 5.85. The second-order valence-electron chi connectivity index (χ2n) is 4.10. The van der Waals surface area contributed by atoms with Crippen LogP contribution < -0.4 is 5.73 Å². The lowest BCUT2D eigenvalue weighted by Gasteiger charge is -2.17. The second-order valence-corrected chi connectivity index (χ2v) is 4.10. The van der Waals surface area contributed by atoms with Crippen LogP contribution in [0.2, 0.25) is 0 Å². The van der Waals surface area contributed by atoms with E-state index in [1.165, 1.54) is 32.1 Å². The van der Waals surface area contributed by atoms with Crippen LogP contribution in [0, 0.1) is 6.92 Å². The van der Waals surface area contributed by atoms with E-state index in [0.29, 0.717) is 12.5 Å². The molecule has 1 fully saturated rings. The van der Waals surface area contributed by atoms with Crippen molar-refractivity contribution < 1.29 is 4.42 Å². The van der Waals surface area contributed by atoms with Crippen LogP contribution in [0.15, 0.2) is 4.42 Å². The summed E-state index contributed by atoms with van der Waals surface area (Å²) < 4.78 is 5.67. The average molecular weight is 267 g/mol. The molecule has 2 N–H and O–H groups in total. The summed E-state index contributed by atoms with van der Waals surface area (Å²) in [5.74, 6) is 2.32. The van der Waals surface area contributed by atoms with E-state index in [9.17, 15) is 0 Å². The van der Waals surface area contributed by atoms with E-state index in [1.807, 2.05) is 6.92 Å². The van der Waals surface area contributed by atoms with Gasteiger partial charge in [-0.15, -0.1) is 24.8 Å². The van der Waals surface area contributed by atoms with Gasteiger partial charge in [-0.2, -0.15) is 0 Å². The van der Waals surface area contributed by atoms with Crippen molar-refractivity contribution in [2.24, 2.45) is 5.73 Å². The molecule has 1 aliphatic carbocycles. The molecular formula is C11H20Cl2N2O. The van der Waals surface area contributed by atoms with Gasteiger partial charge >= 0.3 is 0 Å². The number of oxazole rings is 1. The third kappa shape index (κ3) is 3.37. The zero-order valence-corrected chi connectivity index (χ0v) is 11.2. The lowest BCUT2D eigenvalue weighted by molar-refractivity contribution is 0.352. The normalized spacial score (nSPS) is 16.4. The Hall–Kier alpha value is -0.250. The first-order valence-corrected chi connectivity index (χ1v) is 5.47. The Balaban J connectivity index is 0.00000112. The summed E-state index contributed by atoms with van der Waals surface area (Å²) in [5, 5.41) is 0. The van der Waals surface area contributed by atoms with Crippen LogP contribution in [0.1, 0.15) is 55.4 Å². The molecule has 0 unspecified atom stereocenters. The maximum absolute atomic E-state index is 5.67. The van der Waals surface area contributed by atoms with Gasteiger partial charge in [0, 0.05) is 5.92 Å². The van der Waals surface area contributed by atoms with Crippen molar-refractivity contribution in [1.29, 1.82) is 0 Å². The number of nitrogens with two attached hydrogens (primary N) is 1. The number of nitrogens with zero attached hydrogens (tertiary/aromatic N) is 1. The van der Waals surface area contributed by atoms with Gasteiger partial charge in [0.25, 0.3) is 0 Å². The molecule has 16 heavy (non-hydrogen) atoms. The minimum atomic E-state index is 0. The molecule has 0 aromatic carbocycles. The van der Waals surface area contributed by atoms with Crippen LogP contribution >= 0.6 is 24.8 Å². The largest absolute Gasteiger partial charge is 0.444 e. The Bertz CT molecular complexity index is 309. The molecule has 0 amide bonds. The molecule has 1 heterocycles. The molecule has 3 nitrogen and oxygen atoms in total. The molecule has 0 aliphatic heterocycles. The van der Waals surface area contributed by atoms with Gasteiger partial charge in [0.15, 0.2) is 5.89 Å². The highest BCUT2D eigenvalue weighted by atomic mass is 35.5. The van der Waals surface area contributed by atoms with Gasteiger partial charge < -0.3 is 10.2 Å². The third-order valence-corrected chi connectivity index (χ3v) is 3.05. The van der Waals surface area contributed by atoms with Crippen molar-refractivity contribution >= 4 is 24.8 Å². The van der Waals surface area contributed by atoms with Gasteiger partial charge in [-0.3, -0.25) is 0 Å². The fraction of sp³-hybridized carbons (Fsp3) is 0.727. The van der Waals surface area contributed by atoms with E-state index in [1.54, 1.807) is 0 Å². The Kier molecular flexibility index (Phi) is 7.04. The number of hydrogen-bond acceptors (Lipinski definition) is 3. The van der Waals surface area contributed by atoms with Gasteiger partial charge in [0.05, 0.1) is 12.2 Å². The third-order valence-electron chi connectivity index (χ3n) is 3.05. The van der Waals surface area contributed by atoms with Crippen molar-refractivity contribution in [2.75, 3.05) is 0 Å². The van der Waals surface area contributed by atoms with Crippen molar-refractivity contribution in [2.45, 2.75) is 51.5 Å². The van der Waals surface area contributed by atoms with E-state index in [4.69, 9.17) is 10.2 Å². The van der Waals surface area contributed by atoms with Crippen LogP contribution in [-0.4, -0.2) is 4.98 Å². The lowest BCUT2D eigenvalue weighted by Crippen LogP contribution is -2.04. The van der Waals surface area contributed by atoms with E-state index in [0.717, 1.165) is 17.3 Å². The Morgan fingerprint density at radius 1 is 1.25 bits per heavy atom. The number of rotatable bonds is 2. The first kappa shape index (κ1) is 15.8. The summed E-state index contributed by atoms with van der Waals surface area (Å²) >= 11 is 0. The zero-order valence-electron chi connectivity index (χ0n) is 9.57. The average Bonchev–Trinajstić information content (AvgIpc) is 2.61. The molecule has 0 radical (unpaired) electrons. The van der Waals surface area contributed by atoms with Crippen molar-refractivity contribution in [3.63, 3.8) is 0 Å². The number of aromatic nitrogens is 1. The Morgan fingerprint density at radius 2 is 1.88 bits per heavy atom. The lowest BCUT2D eigenvalue weighted by atomic mass is 9.89. The van der Waals surface area contributed by atoms with Crippen molar-refractivity contribution in [3.8, 4) is 0 Å². The van der Waals surface area contributed by atoms with E-state index in [2.05, 4.69) is 4.98 Å². The molecule has 1 aromatic rings. The maximum Gasteiger partial charge on any atom is 0.197 e. The fourth-order valence-corrected chi connectivity index (χ4v) is 2.16. The van der Waals surface area contributed by atoms with Crippen LogP contribution in [0.3, 0.4) is 0 Å². The van der Waals surface area contributed by atoms with E-state index >= 15 is 0 Å². The Morgan fingerprint density at radius 3 is 2.38 bits per heavy atom. The van der Waals surface area contributed by atoms with Crippen LogP contribution in [0.4, 0.5) is 0 Å². The highest BCUT2D eigenvalue weighted by Crippen LogP contribution is 2.32. The summed E-state index contributed by atoms with van der Waals surface area (Å²) in [5.41, 5.74) is 6.53. The number of halogens is 2. The van der Waals surface area contributed by atoms with Gasteiger partial charge in [-0.1, -0.05) is 19.3 Å². The highest BCUT2D eigenvalue weighted by Gasteiger charge is 2.21.